The molecule has 2 aromatic rings. The molecule has 0 aliphatic rings. The van der Waals surface area contributed by atoms with Gasteiger partial charge in [-0.2, -0.15) is 4.72 Å². The van der Waals surface area contributed by atoms with E-state index >= 15 is 0 Å². The van der Waals surface area contributed by atoms with E-state index in [1.807, 2.05) is 0 Å². The molecule has 2 rings (SSSR count). The summed E-state index contributed by atoms with van der Waals surface area (Å²) in [7, 11) is -4.01. The molecular weight excluding hydrogens is 416 g/mol. The van der Waals surface area contributed by atoms with Crippen molar-refractivity contribution >= 4 is 45.3 Å². The maximum Gasteiger partial charge on any atom is 0.322 e. The van der Waals surface area contributed by atoms with Crippen molar-refractivity contribution < 1.29 is 23.1 Å². The van der Waals surface area contributed by atoms with Crippen molar-refractivity contribution in [3.8, 4) is 0 Å². The maximum atomic E-state index is 12.4. The van der Waals surface area contributed by atoms with Crippen LogP contribution in [0.25, 0.3) is 6.08 Å². The number of benzene rings is 2. The van der Waals surface area contributed by atoms with Gasteiger partial charge in [0.05, 0.1) is 4.90 Å². The standard InChI is InChI=1S/C20H21ClN2O5S/c1-13(2)19(20(25)26)23-29(27,28)17-10-8-16(9-11-17)22-18(24)12-5-14-3-6-15(21)7-4-14/h3-13,19,23H,1-2H3,(H,22,24)(H,25,26)/b12-5+/t19-/m0/s1. The highest BCUT2D eigenvalue weighted by molar-refractivity contribution is 7.89. The van der Waals surface area contributed by atoms with Crippen LogP contribution in [0.3, 0.4) is 0 Å². The summed E-state index contributed by atoms with van der Waals surface area (Å²) in [6, 6.07) is 11.1. The fourth-order valence-corrected chi connectivity index (χ4v) is 3.82. The first-order valence-corrected chi connectivity index (χ1v) is 10.5. The van der Waals surface area contributed by atoms with Crippen LogP contribution in [0.15, 0.2) is 59.5 Å². The van der Waals surface area contributed by atoms with E-state index < -0.39 is 28.0 Å². The summed E-state index contributed by atoms with van der Waals surface area (Å²) in [4.78, 5) is 23.1. The number of aliphatic carboxylic acids is 1. The van der Waals surface area contributed by atoms with Gasteiger partial charge in [0.25, 0.3) is 0 Å². The average Bonchev–Trinajstić information content (AvgIpc) is 2.66. The molecule has 0 spiro atoms. The number of halogens is 1. The van der Waals surface area contributed by atoms with Crippen molar-refractivity contribution in [2.24, 2.45) is 5.92 Å². The van der Waals surface area contributed by atoms with Gasteiger partial charge < -0.3 is 10.4 Å². The van der Waals surface area contributed by atoms with Crippen LogP contribution in [-0.4, -0.2) is 31.4 Å². The fraction of sp³-hybridized carbons (Fsp3) is 0.200. The van der Waals surface area contributed by atoms with Gasteiger partial charge in [0.15, 0.2) is 0 Å². The van der Waals surface area contributed by atoms with Gasteiger partial charge in [-0.3, -0.25) is 9.59 Å². The minimum absolute atomic E-state index is 0.0981. The zero-order valence-electron chi connectivity index (χ0n) is 15.8. The Morgan fingerprint density at radius 2 is 1.62 bits per heavy atom. The Hall–Kier alpha value is -2.68. The molecule has 0 saturated carbocycles. The van der Waals surface area contributed by atoms with Gasteiger partial charge in [0, 0.05) is 16.8 Å². The third kappa shape index (κ3) is 6.70. The van der Waals surface area contributed by atoms with Crippen LogP contribution in [0.4, 0.5) is 5.69 Å². The van der Waals surface area contributed by atoms with Crippen molar-refractivity contribution in [3.63, 3.8) is 0 Å². The highest BCUT2D eigenvalue weighted by atomic mass is 35.5. The number of carbonyl (C=O) groups is 2. The molecule has 29 heavy (non-hydrogen) atoms. The van der Waals surface area contributed by atoms with E-state index in [2.05, 4.69) is 10.0 Å². The number of nitrogens with one attached hydrogen (secondary N) is 2. The van der Waals surface area contributed by atoms with E-state index in [0.717, 1.165) is 5.56 Å². The molecule has 1 atom stereocenters. The van der Waals surface area contributed by atoms with Crippen LogP contribution < -0.4 is 10.0 Å². The van der Waals surface area contributed by atoms with Crippen LogP contribution in [0.5, 0.6) is 0 Å². The van der Waals surface area contributed by atoms with Gasteiger partial charge in [0.1, 0.15) is 6.04 Å². The van der Waals surface area contributed by atoms with Crippen molar-refractivity contribution in [2.75, 3.05) is 5.32 Å². The number of rotatable bonds is 8. The van der Waals surface area contributed by atoms with Crippen molar-refractivity contribution in [1.82, 2.24) is 4.72 Å². The quantitative estimate of drug-likeness (QED) is 0.549. The van der Waals surface area contributed by atoms with Gasteiger partial charge in [-0.1, -0.05) is 37.6 Å². The first kappa shape index (κ1) is 22.6. The lowest BCUT2D eigenvalue weighted by Crippen LogP contribution is -2.44. The number of carboxylic acid groups (broad SMARTS) is 1. The summed E-state index contributed by atoms with van der Waals surface area (Å²) in [5.74, 6) is -2.06. The van der Waals surface area contributed by atoms with E-state index in [-0.39, 0.29) is 10.8 Å². The summed E-state index contributed by atoms with van der Waals surface area (Å²) in [6.45, 7) is 3.22. The first-order chi connectivity index (χ1) is 13.6. The Labute approximate surface area is 174 Å². The first-order valence-electron chi connectivity index (χ1n) is 8.68. The largest absolute Gasteiger partial charge is 0.480 e. The van der Waals surface area contributed by atoms with Gasteiger partial charge in [-0.15, -0.1) is 0 Å². The predicted molar refractivity (Wildman–Crippen MR) is 112 cm³/mol. The molecule has 154 valence electrons. The molecule has 9 heteroatoms. The Kier molecular flexibility index (Phi) is 7.55. The fourth-order valence-electron chi connectivity index (χ4n) is 2.35. The molecule has 0 aromatic heterocycles. The third-order valence-corrected chi connectivity index (χ3v) is 5.65. The lowest BCUT2D eigenvalue weighted by atomic mass is 10.1. The second-order valence-corrected chi connectivity index (χ2v) is 8.73. The Morgan fingerprint density at radius 1 is 1.03 bits per heavy atom. The molecule has 0 aliphatic carbocycles. The lowest BCUT2D eigenvalue weighted by Gasteiger charge is -2.18. The van der Waals surface area contributed by atoms with Gasteiger partial charge in [0.2, 0.25) is 15.9 Å². The van der Waals surface area contributed by atoms with Crippen LogP contribution in [-0.2, 0) is 19.6 Å². The van der Waals surface area contributed by atoms with E-state index in [9.17, 15) is 18.0 Å². The molecule has 0 bridgehead atoms. The molecule has 0 saturated heterocycles. The van der Waals surface area contributed by atoms with Gasteiger partial charge in [-0.25, -0.2) is 8.42 Å². The summed E-state index contributed by atoms with van der Waals surface area (Å²) in [5.41, 5.74) is 1.20. The molecular formula is C20H21ClN2O5S. The number of hydrogen-bond acceptors (Lipinski definition) is 4. The number of hydrogen-bond donors (Lipinski definition) is 3. The minimum atomic E-state index is -4.01. The van der Waals surface area contributed by atoms with Crippen molar-refractivity contribution in [1.29, 1.82) is 0 Å². The zero-order chi connectivity index (χ0) is 21.6. The van der Waals surface area contributed by atoms with Crippen LogP contribution in [0.2, 0.25) is 5.02 Å². The maximum absolute atomic E-state index is 12.4. The van der Waals surface area contributed by atoms with Crippen molar-refractivity contribution in [3.05, 3.63) is 65.2 Å². The summed E-state index contributed by atoms with van der Waals surface area (Å²) >= 11 is 5.81. The molecule has 1 amide bonds. The Bertz CT molecular complexity index is 1000. The van der Waals surface area contributed by atoms with E-state index in [1.54, 1.807) is 44.2 Å². The summed E-state index contributed by atoms with van der Waals surface area (Å²) in [5, 5.41) is 12.4. The Balaban J connectivity index is 2.04. The summed E-state index contributed by atoms with van der Waals surface area (Å²) < 4.78 is 26.9. The van der Waals surface area contributed by atoms with Gasteiger partial charge in [-0.05, 0) is 54.0 Å². The van der Waals surface area contributed by atoms with E-state index in [4.69, 9.17) is 16.7 Å². The molecule has 0 aliphatic heterocycles. The zero-order valence-corrected chi connectivity index (χ0v) is 17.4. The highest BCUT2D eigenvalue weighted by Gasteiger charge is 2.27. The average molecular weight is 437 g/mol. The van der Waals surface area contributed by atoms with E-state index in [1.165, 1.54) is 30.3 Å². The van der Waals surface area contributed by atoms with Crippen LogP contribution in [0, 0.1) is 5.92 Å². The molecule has 0 fully saturated rings. The second kappa shape index (κ2) is 9.69. The molecule has 7 nitrogen and oxygen atoms in total. The van der Waals surface area contributed by atoms with Gasteiger partial charge >= 0.3 is 5.97 Å². The number of amides is 1. The lowest BCUT2D eigenvalue weighted by molar-refractivity contribution is -0.140. The normalized spacial score (nSPS) is 12.8. The minimum Gasteiger partial charge on any atom is -0.480 e. The number of sulfonamides is 1. The SMILES string of the molecule is CC(C)[C@H](NS(=O)(=O)c1ccc(NC(=O)/C=C/c2ccc(Cl)cc2)cc1)C(=O)O. The molecule has 0 unspecified atom stereocenters. The smallest absolute Gasteiger partial charge is 0.322 e. The summed E-state index contributed by atoms with van der Waals surface area (Å²) in [6.07, 6.45) is 2.96. The Morgan fingerprint density at radius 3 is 2.14 bits per heavy atom. The van der Waals surface area contributed by atoms with Crippen LogP contribution in [0.1, 0.15) is 19.4 Å². The third-order valence-electron chi connectivity index (χ3n) is 3.94. The molecule has 0 heterocycles. The number of carboxylic acids is 1. The monoisotopic (exact) mass is 436 g/mol. The predicted octanol–water partition coefficient (Wildman–Crippen LogP) is 3.38. The number of carbonyl (C=O) groups excluding carboxylic acids is 1. The number of anilines is 1. The molecule has 3 N–H and O–H groups in total. The van der Waals surface area contributed by atoms with Crippen molar-refractivity contribution in [2.45, 2.75) is 24.8 Å². The topological polar surface area (TPSA) is 113 Å². The van der Waals surface area contributed by atoms with E-state index in [0.29, 0.717) is 10.7 Å². The molecule has 2 aromatic carbocycles. The molecule has 0 radical (unpaired) electrons. The van der Waals surface area contributed by atoms with Crippen LogP contribution >= 0.6 is 11.6 Å². The highest BCUT2D eigenvalue weighted by Crippen LogP contribution is 2.16. The second-order valence-electron chi connectivity index (χ2n) is 6.58.